The summed E-state index contributed by atoms with van der Waals surface area (Å²) in [6.45, 7) is 3.34. The van der Waals surface area contributed by atoms with Crippen molar-refractivity contribution in [1.29, 1.82) is 0 Å². The molecule has 1 N–H and O–H groups in total. The van der Waals surface area contributed by atoms with E-state index in [1.54, 1.807) is 36.2 Å². The Hall–Kier alpha value is -3.16. The summed E-state index contributed by atoms with van der Waals surface area (Å²) < 4.78 is 2.00. The zero-order chi connectivity index (χ0) is 18.3. The van der Waals surface area contributed by atoms with E-state index in [2.05, 4.69) is 15.2 Å². The van der Waals surface area contributed by atoms with Gasteiger partial charge >= 0.3 is 0 Å². The van der Waals surface area contributed by atoms with Crippen LogP contribution in [0.1, 0.15) is 23.1 Å². The molecule has 1 atom stereocenters. The van der Waals surface area contributed by atoms with Gasteiger partial charge in [0.05, 0.1) is 29.6 Å². The van der Waals surface area contributed by atoms with Crippen LogP contribution in [-0.2, 0) is 11.3 Å². The number of H-pyrrole nitrogens is 1. The lowest BCUT2D eigenvalue weighted by molar-refractivity contribution is -0.137. The minimum Gasteiger partial charge on any atom is -0.342 e. The van der Waals surface area contributed by atoms with Gasteiger partial charge in [-0.25, -0.2) is 4.98 Å². The van der Waals surface area contributed by atoms with E-state index in [1.807, 2.05) is 28.8 Å². The van der Waals surface area contributed by atoms with Gasteiger partial charge in [-0.3, -0.25) is 14.7 Å². The van der Waals surface area contributed by atoms with Crippen molar-refractivity contribution in [2.24, 2.45) is 0 Å². The number of hydrogen-bond donors (Lipinski definition) is 1. The fourth-order valence-electron chi connectivity index (χ4n) is 3.31. The molecule has 3 aromatic rings. The molecule has 0 spiro atoms. The van der Waals surface area contributed by atoms with Gasteiger partial charge in [-0.2, -0.15) is 5.10 Å². The number of likely N-dealkylation sites (N-methyl/N-ethyl adjacent to an activating group) is 1. The number of carbonyl (C=O) groups excluding carboxylic acids is 2. The predicted octanol–water partition coefficient (Wildman–Crippen LogP) is 1.11. The first kappa shape index (κ1) is 16.3. The monoisotopic (exact) mass is 352 g/mol. The number of nitrogens with one attached hydrogen (secondary N) is 1. The minimum absolute atomic E-state index is 0.0507. The van der Waals surface area contributed by atoms with Gasteiger partial charge < -0.3 is 14.4 Å². The zero-order valence-electron chi connectivity index (χ0n) is 14.7. The van der Waals surface area contributed by atoms with Crippen LogP contribution < -0.4 is 0 Å². The number of carbonyl (C=O) groups is 2. The highest BCUT2D eigenvalue weighted by molar-refractivity contribution is 5.96. The van der Waals surface area contributed by atoms with Crippen molar-refractivity contribution in [3.05, 3.63) is 48.0 Å². The van der Waals surface area contributed by atoms with Crippen LogP contribution in [0.4, 0.5) is 0 Å². The van der Waals surface area contributed by atoms with Gasteiger partial charge in [-0.05, 0) is 25.1 Å². The number of piperazine rings is 1. The molecule has 0 unspecified atom stereocenters. The van der Waals surface area contributed by atoms with Gasteiger partial charge in [-0.1, -0.05) is 12.1 Å². The molecule has 0 radical (unpaired) electrons. The van der Waals surface area contributed by atoms with Crippen molar-refractivity contribution in [3.63, 3.8) is 0 Å². The van der Waals surface area contributed by atoms with E-state index < -0.39 is 6.04 Å². The zero-order valence-corrected chi connectivity index (χ0v) is 14.7. The van der Waals surface area contributed by atoms with Crippen molar-refractivity contribution in [2.75, 3.05) is 20.1 Å². The Bertz CT molecular complexity index is 975. The summed E-state index contributed by atoms with van der Waals surface area (Å²) in [5, 5.41) is 7.08. The highest BCUT2D eigenvalue weighted by atomic mass is 16.2. The van der Waals surface area contributed by atoms with Crippen LogP contribution in [0.15, 0.2) is 36.7 Å². The molecule has 0 bridgehead atoms. The SMILES string of the molecule is C[C@H]1C(=O)N(C)CCN1C(=O)c1cc(Cn2cnc3ccccc32)[nH]n1. The number of fused-ring (bicyclic) bond motifs is 1. The Morgan fingerprint density at radius 1 is 1.31 bits per heavy atom. The largest absolute Gasteiger partial charge is 0.342 e. The molecule has 3 heterocycles. The van der Waals surface area contributed by atoms with E-state index in [-0.39, 0.29) is 11.8 Å². The van der Waals surface area contributed by atoms with Crippen LogP contribution in [-0.4, -0.2) is 67.5 Å². The second kappa shape index (κ2) is 6.29. The number of nitrogens with zero attached hydrogens (tertiary/aromatic N) is 5. The molecular formula is C18H20N6O2. The Kier molecular flexibility index (Phi) is 3.95. The van der Waals surface area contributed by atoms with Gasteiger partial charge in [0.25, 0.3) is 5.91 Å². The number of aromatic nitrogens is 4. The quantitative estimate of drug-likeness (QED) is 0.765. The number of aromatic amines is 1. The normalized spacial score (nSPS) is 17.9. The lowest BCUT2D eigenvalue weighted by Crippen LogP contribution is -2.56. The first-order valence-electron chi connectivity index (χ1n) is 8.54. The van der Waals surface area contributed by atoms with Gasteiger partial charge in [0, 0.05) is 20.1 Å². The minimum atomic E-state index is -0.473. The van der Waals surface area contributed by atoms with Crippen molar-refractivity contribution in [3.8, 4) is 0 Å². The van der Waals surface area contributed by atoms with Crippen LogP contribution in [0.2, 0.25) is 0 Å². The molecular weight excluding hydrogens is 332 g/mol. The van der Waals surface area contributed by atoms with Crippen molar-refractivity contribution < 1.29 is 9.59 Å². The molecule has 8 nitrogen and oxygen atoms in total. The lowest BCUT2D eigenvalue weighted by Gasteiger charge is -2.36. The Morgan fingerprint density at radius 2 is 2.12 bits per heavy atom. The van der Waals surface area contributed by atoms with E-state index in [9.17, 15) is 9.59 Å². The van der Waals surface area contributed by atoms with E-state index in [1.165, 1.54) is 0 Å². The number of imidazole rings is 1. The molecule has 4 rings (SSSR count). The standard InChI is InChI=1S/C18H20N6O2/c1-12-17(25)22(2)7-8-24(12)18(26)15-9-13(20-21-15)10-23-11-19-14-5-3-4-6-16(14)23/h3-6,9,11-12H,7-8,10H2,1-2H3,(H,20,21)/t12-/m0/s1. The molecule has 1 saturated heterocycles. The fourth-order valence-corrected chi connectivity index (χ4v) is 3.31. The first-order chi connectivity index (χ1) is 12.5. The summed E-state index contributed by atoms with van der Waals surface area (Å²) in [6, 6.07) is 9.15. The van der Waals surface area contributed by atoms with Gasteiger partial charge in [-0.15, -0.1) is 0 Å². The number of hydrogen-bond acceptors (Lipinski definition) is 4. The van der Waals surface area contributed by atoms with Crippen molar-refractivity contribution in [2.45, 2.75) is 19.5 Å². The third-order valence-electron chi connectivity index (χ3n) is 4.86. The Balaban J connectivity index is 1.53. The lowest BCUT2D eigenvalue weighted by atomic mass is 10.1. The molecule has 1 aliphatic rings. The molecule has 1 aromatic carbocycles. The molecule has 134 valence electrons. The second-order valence-corrected chi connectivity index (χ2v) is 6.57. The second-order valence-electron chi connectivity index (χ2n) is 6.57. The van der Waals surface area contributed by atoms with Gasteiger partial charge in [0.15, 0.2) is 5.69 Å². The number of benzene rings is 1. The van der Waals surface area contributed by atoms with E-state index >= 15 is 0 Å². The number of rotatable bonds is 3. The van der Waals surface area contributed by atoms with Crippen LogP contribution in [0.3, 0.4) is 0 Å². The van der Waals surface area contributed by atoms with Crippen LogP contribution in [0.5, 0.6) is 0 Å². The third kappa shape index (κ3) is 2.73. The summed E-state index contributed by atoms with van der Waals surface area (Å²) >= 11 is 0. The average Bonchev–Trinajstić information content (AvgIpc) is 3.27. The maximum atomic E-state index is 12.7. The fraction of sp³-hybridized carbons (Fsp3) is 0.333. The maximum absolute atomic E-state index is 12.7. The van der Waals surface area contributed by atoms with E-state index in [0.29, 0.717) is 25.3 Å². The summed E-state index contributed by atoms with van der Waals surface area (Å²) in [5.41, 5.74) is 3.08. The Morgan fingerprint density at radius 3 is 2.96 bits per heavy atom. The highest BCUT2D eigenvalue weighted by Gasteiger charge is 2.33. The van der Waals surface area contributed by atoms with Crippen LogP contribution >= 0.6 is 0 Å². The third-order valence-corrected chi connectivity index (χ3v) is 4.86. The average molecular weight is 352 g/mol. The van der Waals surface area contributed by atoms with E-state index in [0.717, 1.165) is 16.7 Å². The smallest absolute Gasteiger partial charge is 0.275 e. The number of para-hydroxylation sites is 2. The van der Waals surface area contributed by atoms with Crippen molar-refractivity contribution >= 4 is 22.8 Å². The topological polar surface area (TPSA) is 87.1 Å². The highest BCUT2D eigenvalue weighted by Crippen LogP contribution is 2.16. The maximum Gasteiger partial charge on any atom is 0.275 e. The molecule has 0 aliphatic carbocycles. The predicted molar refractivity (Wildman–Crippen MR) is 95.6 cm³/mol. The molecule has 1 aliphatic heterocycles. The number of amides is 2. The molecule has 26 heavy (non-hydrogen) atoms. The summed E-state index contributed by atoms with van der Waals surface area (Å²) in [6.07, 6.45) is 1.77. The first-order valence-corrected chi connectivity index (χ1v) is 8.54. The molecule has 8 heteroatoms. The summed E-state index contributed by atoms with van der Waals surface area (Å²) in [5.74, 6) is -0.276. The summed E-state index contributed by atoms with van der Waals surface area (Å²) in [7, 11) is 1.75. The molecule has 2 aromatic heterocycles. The Labute approximate surface area is 150 Å². The molecule has 1 fully saturated rings. The van der Waals surface area contributed by atoms with Gasteiger partial charge in [0.1, 0.15) is 6.04 Å². The molecule has 2 amide bonds. The van der Waals surface area contributed by atoms with E-state index in [4.69, 9.17) is 0 Å². The molecule has 0 saturated carbocycles. The summed E-state index contributed by atoms with van der Waals surface area (Å²) in [4.78, 5) is 32.4. The van der Waals surface area contributed by atoms with Crippen molar-refractivity contribution in [1.82, 2.24) is 29.5 Å². The van der Waals surface area contributed by atoms with Gasteiger partial charge in [0.2, 0.25) is 5.91 Å². The van der Waals surface area contributed by atoms with Crippen LogP contribution in [0.25, 0.3) is 11.0 Å². The van der Waals surface area contributed by atoms with Crippen LogP contribution in [0, 0.1) is 0 Å².